The minimum absolute atomic E-state index is 0.507. The number of nitrogens with zero attached hydrogens (tertiary/aromatic N) is 2. The van der Waals surface area contributed by atoms with Crippen LogP contribution in [0, 0.1) is 0 Å². The molecule has 7 heteroatoms. The summed E-state index contributed by atoms with van der Waals surface area (Å²) in [5, 5.41) is 1.01. The van der Waals surface area contributed by atoms with E-state index < -0.39 is 5.79 Å². The molecule has 0 fully saturated rings. The maximum absolute atomic E-state index is 6.35. The first kappa shape index (κ1) is 13.3. The third-order valence-electron chi connectivity index (χ3n) is 3.05. The quantitative estimate of drug-likeness (QED) is 0.795. The van der Waals surface area contributed by atoms with E-state index in [9.17, 15) is 0 Å². The molecule has 0 radical (unpaired) electrons. The Hall–Kier alpha value is -1.66. The average Bonchev–Trinajstić information content (AvgIpc) is 2.87. The summed E-state index contributed by atoms with van der Waals surface area (Å²) in [6, 6.07) is 7.19. The lowest BCUT2D eigenvalue weighted by Crippen LogP contribution is -2.49. The Morgan fingerprint density at radius 1 is 1.10 bits per heavy atom. The van der Waals surface area contributed by atoms with Crippen molar-refractivity contribution >= 4 is 29.5 Å². The summed E-state index contributed by atoms with van der Waals surface area (Å²) in [4.78, 5) is 8.10. The molecule has 102 valence electrons. The first-order valence-electron chi connectivity index (χ1n) is 5.85. The molecule has 1 aromatic heterocycles. The molecule has 20 heavy (non-hydrogen) atoms. The van der Waals surface area contributed by atoms with Crippen molar-refractivity contribution in [3.8, 4) is 11.1 Å². The van der Waals surface area contributed by atoms with Gasteiger partial charge >= 0.3 is 0 Å². The molecule has 1 aliphatic rings. The lowest BCUT2D eigenvalue weighted by molar-refractivity contribution is 0.375. The second-order valence-electron chi connectivity index (χ2n) is 4.34. The fourth-order valence-electron chi connectivity index (χ4n) is 2.04. The summed E-state index contributed by atoms with van der Waals surface area (Å²) in [5.41, 5.74) is 14.0. The summed E-state index contributed by atoms with van der Waals surface area (Å²) in [6.45, 7) is 0. The highest BCUT2D eigenvalue weighted by atomic mass is 35.5. The van der Waals surface area contributed by atoms with Gasteiger partial charge in [-0.3, -0.25) is 10.7 Å². The molecule has 2 heterocycles. The van der Waals surface area contributed by atoms with Crippen LogP contribution in [0.5, 0.6) is 0 Å². The minimum Gasteiger partial charge on any atom is -0.309 e. The first-order valence-corrected chi connectivity index (χ1v) is 6.61. The van der Waals surface area contributed by atoms with Crippen molar-refractivity contribution < 1.29 is 0 Å². The molecule has 0 saturated heterocycles. The Kier molecular flexibility index (Phi) is 3.35. The molecule has 0 spiro atoms. The Morgan fingerprint density at radius 2 is 1.75 bits per heavy atom. The van der Waals surface area contributed by atoms with Gasteiger partial charge in [-0.2, -0.15) is 5.43 Å². The van der Waals surface area contributed by atoms with Gasteiger partial charge in [0.2, 0.25) is 5.79 Å². The summed E-state index contributed by atoms with van der Waals surface area (Å²) in [6.07, 6.45) is 4.86. The van der Waals surface area contributed by atoms with E-state index in [0.717, 1.165) is 11.1 Å². The van der Waals surface area contributed by atoms with Gasteiger partial charge in [0.25, 0.3) is 0 Å². The van der Waals surface area contributed by atoms with E-state index in [1.54, 1.807) is 24.5 Å². The van der Waals surface area contributed by atoms with Crippen LogP contribution in [0.2, 0.25) is 10.0 Å². The Bertz CT molecular complexity index is 651. The molecule has 5 nitrogen and oxygen atoms in total. The van der Waals surface area contributed by atoms with Crippen LogP contribution < -0.4 is 16.6 Å². The number of rotatable bonds is 2. The van der Waals surface area contributed by atoms with Crippen LogP contribution in [0.15, 0.2) is 41.7 Å². The Balaban J connectivity index is 2.10. The number of aliphatic imine (C=N–C) groups is 1. The number of benzene rings is 1. The number of aromatic nitrogens is 1. The molecular weight excluding hydrogens is 297 g/mol. The monoisotopic (exact) mass is 307 g/mol. The number of hydrogen-bond donors (Lipinski definition) is 3. The largest absolute Gasteiger partial charge is 0.309 e. The van der Waals surface area contributed by atoms with Crippen LogP contribution in [0.4, 0.5) is 0 Å². The summed E-state index contributed by atoms with van der Waals surface area (Å²) in [5.74, 6) is -1.07. The van der Waals surface area contributed by atoms with Gasteiger partial charge in [-0.05, 0) is 29.8 Å². The lowest BCUT2D eigenvalue weighted by Gasteiger charge is -2.22. The molecule has 1 aromatic carbocycles. The number of nitrogens with one attached hydrogen (secondary N) is 2. The minimum atomic E-state index is -1.07. The van der Waals surface area contributed by atoms with Crippen molar-refractivity contribution in [2.75, 3.05) is 0 Å². The van der Waals surface area contributed by atoms with E-state index in [4.69, 9.17) is 28.9 Å². The Morgan fingerprint density at radius 3 is 2.30 bits per heavy atom. The van der Waals surface area contributed by atoms with Crippen molar-refractivity contribution in [1.82, 2.24) is 15.8 Å². The number of nitrogens with two attached hydrogens (primary N) is 1. The molecule has 2 aromatic rings. The zero-order chi connectivity index (χ0) is 14.2. The van der Waals surface area contributed by atoms with Crippen molar-refractivity contribution in [1.29, 1.82) is 0 Å². The maximum Gasteiger partial charge on any atom is 0.206 e. The van der Waals surface area contributed by atoms with Gasteiger partial charge in [-0.1, -0.05) is 23.2 Å². The average molecular weight is 308 g/mol. The SMILES string of the molecule is NC1(c2cc(Cl)c(-c3ccncc3)c(Cl)c2)N=CNN1. The molecule has 0 aliphatic carbocycles. The number of pyridine rings is 1. The summed E-state index contributed by atoms with van der Waals surface area (Å²) < 4.78 is 0. The fraction of sp³-hybridized carbons (Fsp3) is 0.0769. The van der Waals surface area contributed by atoms with Gasteiger partial charge in [0.05, 0.1) is 10.0 Å². The van der Waals surface area contributed by atoms with Gasteiger partial charge in [0, 0.05) is 23.5 Å². The second kappa shape index (κ2) is 5.03. The third-order valence-corrected chi connectivity index (χ3v) is 3.64. The van der Waals surface area contributed by atoms with Crippen molar-refractivity contribution in [2.24, 2.45) is 10.7 Å². The Labute approximate surface area is 125 Å². The van der Waals surface area contributed by atoms with Crippen LogP contribution in [0.1, 0.15) is 5.56 Å². The highest BCUT2D eigenvalue weighted by Gasteiger charge is 2.30. The highest BCUT2D eigenvalue weighted by Crippen LogP contribution is 2.37. The topological polar surface area (TPSA) is 75.3 Å². The van der Waals surface area contributed by atoms with Crippen molar-refractivity contribution in [3.05, 3.63) is 52.3 Å². The molecule has 3 rings (SSSR count). The number of hydrazine groups is 1. The molecule has 1 aliphatic heterocycles. The molecule has 0 amide bonds. The van der Waals surface area contributed by atoms with Gasteiger partial charge in [-0.25, -0.2) is 4.99 Å². The molecule has 0 bridgehead atoms. The summed E-state index contributed by atoms with van der Waals surface area (Å²) >= 11 is 12.7. The first-order chi connectivity index (χ1) is 9.60. The van der Waals surface area contributed by atoms with E-state index in [1.165, 1.54) is 6.34 Å². The van der Waals surface area contributed by atoms with Crippen molar-refractivity contribution in [3.63, 3.8) is 0 Å². The van der Waals surface area contributed by atoms with E-state index >= 15 is 0 Å². The van der Waals surface area contributed by atoms with E-state index in [-0.39, 0.29) is 0 Å². The zero-order valence-corrected chi connectivity index (χ0v) is 11.8. The zero-order valence-electron chi connectivity index (χ0n) is 10.3. The lowest BCUT2D eigenvalue weighted by atomic mass is 10.0. The van der Waals surface area contributed by atoms with Gasteiger partial charge in [0.1, 0.15) is 6.34 Å². The smallest absolute Gasteiger partial charge is 0.206 e. The van der Waals surface area contributed by atoms with E-state index in [0.29, 0.717) is 15.6 Å². The second-order valence-corrected chi connectivity index (χ2v) is 5.16. The normalized spacial score (nSPS) is 20.9. The van der Waals surface area contributed by atoms with Crippen LogP contribution in [-0.4, -0.2) is 11.3 Å². The van der Waals surface area contributed by atoms with Gasteiger partial charge in [0.15, 0.2) is 0 Å². The standard InChI is InChI=1S/C13H11Cl2N5/c14-10-5-9(13(16)18-7-19-20-13)6-11(15)12(10)8-1-3-17-4-2-8/h1-7,20H,16H2,(H,18,19). The predicted molar refractivity (Wildman–Crippen MR) is 80.3 cm³/mol. The molecular formula is C13H11Cl2N5. The van der Waals surface area contributed by atoms with Crippen molar-refractivity contribution in [2.45, 2.75) is 5.79 Å². The molecule has 4 N–H and O–H groups in total. The third kappa shape index (κ3) is 2.25. The summed E-state index contributed by atoms with van der Waals surface area (Å²) in [7, 11) is 0. The van der Waals surface area contributed by atoms with Crippen LogP contribution in [0.25, 0.3) is 11.1 Å². The molecule has 1 atom stereocenters. The molecule has 0 saturated carbocycles. The highest BCUT2D eigenvalue weighted by molar-refractivity contribution is 6.39. The van der Waals surface area contributed by atoms with Crippen LogP contribution >= 0.6 is 23.2 Å². The molecule has 1 unspecified atom stereocenters. The predicted octanol–water partition coefficient (Wildman–Crippen LogP) is 2.26. The van der Waals surface area contributed by atoms with Crippen LogP contribution in [-0.2, 0) is 5.79 Å². The fourth-order valence-corrected chi connectivity index (χ4v) is 2.75. The van der Waals surface area contributed by atoms with E-state index in [1.807, 2.05) is 12.1 Å². The maximum atomic E-state index is 6.35. The van der Waals surface area contributed by atoms with Crippen LogP contribution in [0.3, 0.4) is 0 Å². The number of halogens is 2. The number of hydrogen-bond acceptors (Lipinski definition) is 5. The van der Waals surface area contributed by atoms with E-state index in [2.05, 4.69) is 20.8 Å². The van der Waals surface area contributed by atoms with Gasteiger partial charge in [-0.15, -0.1) is 0 Å². The van der Waals surface area contributed by atoms with Gasteiger partial charge < -0.3 is 5.43 Å².